The molecule has 332 valence electrons. The third-order valence-corrected chi connectivity index (χ3v) is 10.3. The Kier molecular flexibility index (Phi) is 38.1. The van der Waals surface area contributed by atoms with Crippen LogP contribution in [-0.2, 0) is 18.4 Å². The van der Waals surface area contributed by atoms with Crippen LogP contribution in [0.4, 0.5) is 0 Å². The molecule has 0 radical (unpaired) electrons. The number of nitrogens with one attached hydrogen (secondary N) is 1. The lowest BCUT2D eigenvalue weighted by Crippen LogP contribution is -2.45. The molecule has 2 N–H and O–H groups in total. The predicted octanol–water partition coefficient (Wildman–Crippen LogP) is 12.1. The van der Waals surface area contributed by atoms with Crippen molar-refractivity contribution in [2.45, 2.75) is 167 Å². The molecule has 0 aromatic carbocycles. The molecule has 0 aliphatic heterocycles. The van der Waals surface area contributed by atoms with E-state index in [2.05, 4.69) is 104 Å². The highest BCUT2D eigenvalue weighted by molar-refractivity contribution is 7.45. The van der Waals surface area contributed by atoms with Crippen molar-refractivity contribution in [3.63, 3.8) is 0 Å². The number of carbonyl (C=O) groups is 1. The van der Waals surface area contributed by atoms with Crippen LogP contribution in [0.25, 0.3) is 0 Å². The van der Waals surface area contributed by atoms with Gasteiger partial charge in [0.05, 0.1) is 39.9 Å². The van der Waals surface area contributed by atoms with Gasteiger partial charge in [-0.1, -0.05) is 169 Å². The summed E-state index contributed by atoms with van der Waals surface area (Å²) in [6, 6.07) is -0.901. The summed E-state index contributed by atoms with van der Waals surface area (Å²) in [4.78, 5) is 25.2. The topological polar surface area (TPSA) is 108 Å². The second-order valence-corrected chi connectivity index (χ2v) is 17.4. The summed E-state index contributed by atoms with van der Waals surface area (Å²) in [7, 11) is 1.22. The standard InChI is InChI=1S/C49H85N2O6P/c1-6-8-10-12-14-16-17-18-19-20-21-22-23-24-25-26-27-28-29-30-31-32-33-35-37-39-41-43-49(53)50-47(46-57-58(54,55)56-45-44-51(3,4)5)48(52)42-40-38-36-34-15-13-11-9-7-2/h8,10,14,16,18-19,21-22,24-25,27-28,30-31,40,42,47-48,52H,6-7,9,11-13,15,17,20,23,26,29,32-39,41,43-46H2,1-5H3,(H-,50,53,54,55)/b10-8-,16-14-,19-18-,22-21-,25-24-,28-27-,31-30-,42-40+. The quantitative estimate of drug-likeness (QED) is 0.0276. The molecule has 58 heavy (non-hydrogen) atoms. The second kappa shape index (κ2) is 39.9. The lowest BCUT2D eigenvalue weighted by molar-refractivity contribution is -0.870. The predicted molar refractivity (Wildman–Crippen MR) is 246 cm³/mol. The molecule has 0 fully saturated rings. The van der Waals surface area contributed by atoms with E-state index in [1.54, 1.807) is 6.08 Å². The number of amides is 1. The van der Waals surface area contributed by atoms with Gasteiger partial charge in [-0.3, -0.25) is 9.36 Å². The molecule has 0 aromatic rings. The first-order valence-electron chi connectivity index (χ1n) is 22.6. The first kappa shape index (κ1) is 55.4. The largest absolute Gasteiger partial charge is 0.756 e. The van der Waals surface area contributed by atoms with E-state index in [1.165, 1.54) is 32.1 Å². The van der Waals surface area contributed by atoms with Gasteiger partial charge in [-0.15, -0.1) is 0 Å². The summed E-state index contributed by atoms with van der Waals surface area (Å²) in [5.41, 5.74) is 0. The number of allylic oxidation sites excluding steroid dienone is 15. The summed E-state index contributed by atoms with van der Waals surface area (Å²) in [5, 5.41) is 13.7. The van der Waals surface area contributed by atoms with Crippen molar-refractivity contribution >= 4 is 13.7 Å². The highest BCUT2D eigenvalue weighted by Gasteiger charge is 2.23. The molecule has 3 unspecified atom stereocenters. The number of phosphoric acid groups is 1. The number of hydrogen-bond donors (Lipinski definition) is 2. The molecule has 0 aromatic heterocycles. The monoisotopic (exact) mass is 829 g/mol. The SMILES string of the molecule is CC/C=C\C/C=C\C/C=C\C/C=C\C/C=C\C/C=C\C/C=C\CCCCCCCC(=O)NC(COP(=O)([O-])OCC[N+](C)(C)C)C(O)/C=C/CCCCCCCCC. The van der Waals surface area contributed by atoms with Crippen molar-refractivity contribution in [3.05, 3.63) is 97.2 Å². The fraction of sp³-hybridized carbons (Fsp3) is 0.653. The zero-order valence-corrected chi connectivity index (χ0v) is 38.3. The summed E-state index contributed by atoms with van der Waals surface area (Å²) in [6.07, 6.45) is 56.1. The maximum atomic E-state index is 12.8. The average Bonchev–Trinajstić information content (AvgIpc) is 3.17. The summed E-state index contributed by atoms with van der Waals surface area (Å²) >= 11 is 0. The van der Waals surface area contributed by atoms with Crippen LogP contribution in [0.5, 0.6) is 0 Å². The van der Waals surface area contributed by atoms with Crippen LogP contribution in [0.15, 0.2) is 97.2 Å². The summed E-state index contributed by atoms with van der Waals surface area (Å²) in [5.74, 6) is -0.225. The van der Waals surface area contributed by atoms with Crippen molar-refractivity contribution in [2.24, 2.45) is 0 Å². The van der Waals surface area contributed by atoms with E-state index in [0.29, 0.717) is 17.4 Å². The van der Waals surface area contributed by atoms with Gasteiger partial charge in [0.25, 0.3) is 7.82 Å². The fourth-order valence-electron chi connectivity index (χ4n) is 5.72. The Morgan fingerprint density at radius 1 is 0.621 bits per heavy atom. The highest BCUT2D eigenvalue weighted by atomic mass is 31.2. The maximum Gasteiger partial charge on any atom is 0.268 e. The van der Waals surface area contributed by atoms with Crippen molar-refractivity contribution in [1.29, 1.82) is 0 Å². The first-order valence-corrected chi connectivity index (χ1v) is 24.1. The molecule has 0 saturated heterocycles. The Balaban J connectivity index is 4.31. The molecular weight excluding hydrogens is 744 g/mol. The maximum absolute atomic E-state index is 12.8. The van der Waals surface area contributed by atoms with Gasteiger partial charge in [-0.25, -0.2) is 0 Å². The van der Waals surface area contributed by atoms with Gasteiger partial charge in [-0.2, -0.15) is 0 Å². The molecule has 3 atom stereocenters. The molecule has 0 rings (SSSR count). The molecule has 0 heterocycles. The van der Waals surface area contributed by atoms with Gasteiger partial charge >= 0.3 is 0 Å². The number of nitrogens with zero attached hydrogens (tertiary/aromatic N) is 1. The zero-order chi connectivity index (χ0) is 42.8. The molecule has 0 saturated carbocycles. The van der Waals surface area contributed by atoms with Gasteiger partial charge in [0.2, 0.25) is 5.91 Å². The molecule has 0 bridgehead atoms. The summed E-state index contributed by atoms with van der Waals surface area (Å²) in [6.45, 7) is 4.45. The first-order chi connectivity index (χ1) is 28.0. The summed E-state index contributed by atoms with van der Waals surface area (Å²) < 4.78 is 23.1. The number of unbranched alkanes of at least 4 members (excludes halogenated alkanes) is 12. The number of likely N-dealkylation sites (N-methyl/N-ethyl adjacent to an activating group) is 1. The minimum atomic E-state index is -4.59. The number of carbonyl (C=O) groups excluding carboxylic acids is 1. The van der Waals surface area contributed by atoms with Crippen LogP contribution in [0, 0.1) is 0 Å². The highest BCUT2D eigenvalue weighted by Crippen LogP contribution is 2.38. The molecule has 0 aliphatic rings. The van der Waals surface area contributed by atoms with Gasteiger partial charge in [0.15, 0.2) is 0 Å². The van der Waals surface area contributed by atoms with E-state index in [1.807, 2.05) is 27.2 Å². The lowest BCUT2D eigenvalue weighted by Gasteiger charge is -2.29. The number of aliphatic hydroxyl groups excluding tert-OH is 1. The van der Waals surface area contributed by atoms with E-state index in [-0.39, 0.29) is 12.5 Å². The minimum absolute atomic E-state index is 0.0111. The van der Waals surface area contributed by atoms with E-state index in [9.17, 15) is 19.4 Å². The van der Waals surface area contributed by atoms with Gasteiger partial charge in [0, 0.05) is 6.42 Å². The van der Waals surface area contributed by atoms with Crippen molar-refractivity contribution < 1.29 is 32.9 Å². The van der Waals surface area contributed by atoms with Crippen LogP contribution in [-0.4, -0.2) is 68.5 Å². The van der Waals surface area contributed by atoms with Gasteiger partial charge < -0.3 is 28.8 Å². The third-order valence-electron chi connectivity index (χ3n) is 9.30. The van der Waals surface area contributed by atoms with Crippen LogP contribution in [0.1, 0.15) is 155 Å². The number of phosphoric ester groups is 1. The smallest absolute Gasteiger partial charge is 0.268 e. The van der Waals surface area contributed by atoms with Crippen LogP contribution < -0.4 is 10.2 Å². The van der Waals surface area contributed by atoms with Crippen molar-refractivity contribution in [3.8, 4) is 0 Å². The third kappa shape index (κ3) is 41.6. The Morgan fingerprint density at radius 3 is 1.53 bits per heavy atom. The van der Waals surface area contributed by atoms with Crippen LogP contribution in [0.2, 0.25) is 0 Å². The number of rotatable bonds is 39. The average molecular weight is 829 g/mol. The molecule has 1 amide bonds. The van der Waals surface area contributed by atoms with Crippen molar-refractivity contribution in [2.75, 3.05) is 40.9 Å². The van der Waals surface area contributed by atoms with E-state index in [4.69, 9.17) is 9.05 Å². The zero-order valence-electron chi connectivity index (χ0n) is 37.5. The van der Waals surface area contributed by atoms with E-state index >= 15 is 0 Å². The van der Waals surface area contributed by atoms with Crippen molar-refractivity contribution in [1.82, 2.24) is 5.32 Å². The Morgan fingerprint density at radius 2 is 1.05 bits per heavy atom. The normalized spacial score (nSPS) is 15.2. The molecule has 0 aliphatic carbocycles. The molecular formula is C49H85N2O6P. The molecule has 0 spiro atoms. The number of aliphatic hydroxyl groups is 1. The second-order valence-electron chi connectivity index (χ2n) is 16.0. The lowest BCUT2D eigenvalue weighted by atomic mass is 10.1. The van der Waals surface area contributed by atoms with E-state index in [0.717, 1.165) is 103 Å². The molecule has 8 nitrogen and oxygen atoms in total. The Hall–Kier alpha value is -2.58. The van der Waals surface area contributed by atoms with Gasteiger partial charge in [0.1, 0.15) is 13.2 Å². The molecule has 9 heteroatoms. The van der Waals surface area contributed by atoms with Gasteiger partial charge in [-0.05, 0) is 77.0 Å². The van der Waals surface area contributed by atoms with E-state index < -0.39 is 26.6 Å². The Labute approximate surface area is 356 Å². The number of hydrogen-bond acceptors (Lipinski definition) is 6. The van der Waals surface area contributed by atoms with Crippen LogP contribution in [0.3, 0.4) is 0 Å². The number of quaternary nitrogens is 1. The fourth-order valence-corrected chi connectivity index (χ4v) is 6.44. The Bertz CT molecular complexity index is 1260. The van der Waals surface area contributed by atoms with Crippen LogP contribution >= 0.6 is 7.82 Å². The minimum Gasteiger partial charge on any atom is -0.756 e.